The van der Waals surface area contributed by atoms with Gasteiger partial charge in [-0.1, -0.05) is 19.0 Å². The number of anilines is 1. The van der Waals surface area contributed by atoms with E-state index in [0.29, 0.717) is 23.9 Å². The number of hydrogen-bond acceptors (Lipinski definition) is 4. The number of nitrogens with zero attached hydrogens (tertiary/aromatic N) is 3. The first kappa shape index (κ1) is 15.3. The fourth-order valence-electron chi connectivity index (χ4n) is 2.29. The van der Waals surface area contributed by atoms with Gasteiger partial charge >= 0.3 is 0 Å². The van der Waals surface area contributed by atoms with Crippen LogP contribution in [0.15, 0.2) is 10.6 Å². The summed E-state index contributed by atoms with van der Waals surface area (Å²) in [5.41, 5.74) is 2.93. The van der Waals surface area contributed by atoms with Crippen LogP contribution in [-0.4, -0.2) is 20.8 Å². The molecule has 2 aromatic heterocycles. The first-order chi connectivity index (χ1) is 9.86. The van der Waals surface area contributed by atoms with Gasteiger partial charge in [-0.15, -0.1) is 0 Å². The Labute approximate surface area is 124 Å². The number of rotatable bonds is 5. The van der Waals surface area contributed by atoms with Crippen molar-refractivity contribution in [3.8, 4) is 0 Å². The van der Waals surface area contributed by atoms with Gasteiger partial charge in [0.2, 0.25) is 5.91 Å². The summed E-state index contributed by atoms with van der Waals surface area (Å²) >= 11 is 0. The summed E-state index contributed by atoms with van der Waals surface area (Å²) in [5.74, 6) is 1.52. The third-order valence-electron chi connectivity index (χ3n) is 3.30. The largest absolute Gasteiger partial charge is 0.360 e. The Morgan fingerprint density at radius 1 is 1.38 bits per heavy atom. The van der Waals surface area contributed by atoms with E-state index in [-0.39, 0.29) is 5.91 Å². The second kappa shape index (κ2) is 6.11. The molecule has 2 rings (SSSR count). The molecule has 1 amide bonds. The maximum Gasteiger partial charge on any atom is 0.230 e. The number of carbonyl (C=O) groups is 1. The van der Waals surface area contributed by atoms with Crippen molar-refractivity contribution >= 4 is 11.7 Å². The molecule has 0 aliphatic carbocycles. The summed E-state index contributed by atoms with van der Waals surface area (Å²) in [6, 6.07) is 1.69. The average molecular weight is 290 g/mol. The van der Waals surface area contributed by atoms with Crippen molar-refractivity contribution in [1.29, 1.82) is 0 Å². The Hall–Kier alpha value is -2.11. The molecule has 2 aromatic rings. The second-order valence-electron chi connectivity index (χ2n) is 5.77. The summed E-state index contributed by atoms with van der Waals surface area (Å²) in [6.07, 6.45) is 0.293. The van der Waals surface area contributed by atoms with Gasteiger partial charge in [-0.3, -0.25) is 9.48 Å². The SMILES string of the molecule is Cc1cc(NC(=O)Cc2c(C)nn(CC(C)C)c2C)no1. The molecule has 0 radical (unpaired) electrons. The molecule has 0 atom stereocenters. The molecule has 6 heteroatoms. The molecule has 0 aliphatic rings. The maximum absolute atomic E-state index is 12.1. The van der Waals surface area contributed by atoms with Gasteiger partial charge in [-0.25, -0.2) is 0 Å². The van der Waals surface area contributed by atoms with Crippen LogP contribution < -0.4 is 5.32 Å². The van der Waals surface area contributed by atoms with Gasteiger partial charge in [-0.2, -0.15) is 5.10 Å². The standard InChI is InChI=1S/C15H22N4O2/c1-9(2)8-19-12(5)13(11(4)17-19)7-15(20)16-14-6-10(3)21-18-14/h6,9H,7-8H2,1-5H3,(H,16,18,20). The van der Waals surface area contributed by atoms with Crippen molar-refractivity contribution in [2.75, 3.05) is 5.32 Å². The van der Waals surface area contributed by atoms with Crippen molar-refractivity contribution in [2.24, 2.45) is 5.92 Å². The molecule has 1 N–H and O–H groups in total. The van der Waals surface area contributed by atoms with E-state index < -0.39 is 0 Å². The highest BCUT2D eigenvalue weighted by Gasteiger charge is 2.16. The molecule has 0 spiro atoms. The molecule has 0 saturated heterocycles. The zero-order chi connectivity index (χ0) is 15.6. The van der Waals surface area contributed by atoms with Crippen LogP contribution in [0, 0.1) is 26.7 Å². The molecule has 0 aromatic carbocycles. The molecule has 6 nitrogen and oxygen atoms in total. The summed E-state index contributed by atoms with van der Waals surface area (Å²) in [7, 11) is 0. The summed E-state index contributed by atoms with van der Waals surface area (Å²) in [5, 5.41) is 11.0. The van der Waals surface area contributed by atoms with Gasteiger partial charge in [-0.05, 0) is 26.7 Å². The van der Waals surface area contributed by atoms with Crippen LogP contribution >= 0.6 is 0 Å². The molecule has 0 bridgehead atoms. The quantitative estimate of drug-likeness (QED) is 0.918. The van der Waals surface area contributed by atoms with Crippen LogP contribution in [0.4, 0.5) is 5.82 Å². The monoisotopic (exact) mass is 290 g/mol. The third-order valence-corrected chi connectivity index (χ3v) is 3.30. The van der Waals surface area contributed by atoms with E-state index in [9.17, 15) is 4.79 Å². The minimum atomic E-state index is -0.112. The first-order valence-electron chi connectivity index (χ1n) is 7.13. The van der Waals surface area contributed by atoms with Gasteiger partial charge in [0.1, 0.15) is 5.76 Å². The number of aryl methyl sites for hydroxylation is 2. The second-order valence-corrected chi connectivity index (χ2v) is 5.77. The van der Waals surface area contributed by atoms with Crippen LogP contribution in [-0.2, 0) is 17.8 Å². The zero-order valence-corrected chi connectivity index (χ0v) is 13.2. The van der Waals surface area contributed by atoms with Gasteiger partial charge in [0.05, 0.1) is 12.1 Å². The summed E-state index contributed by atoms with van der Waals surface area (Å²) < 4.78 is 6.90. The highest BCUT2D eigenvalue weighted by Crippen LogP contribution is 2.16. The summed E-state index contributed by atoms with van der Waals surface area (Å²) in [6.45, 7) is 10.9. The van der Waals surface area contributed by atoms with E-state index >= 15 is 0 Å². The van der Waals surface area contributed by atoms with Gasteiger partial charge in [0.15, 0.2) is 5.82 Å². The van der Waals surface area contributed by atoms with Crippen molar-refractivity contribution in [2.45, 2.75) is 47.6 Å². The summed E-state index contributed by atoms with van der Waals surface area (Å²) in [4.78, 5) is 12.1. The molecule has 21 heavy (non-hydrogen) atoms. The zero-order valence-electron chi connectivity index (χ0n) is 13.2. The highest BCUT2D eigenvalue weighted by molar-refractivity contribution is 5.91. The normalized spacial score (nSPS) is 11.1. The maximum atomic E-state index is 12.1. The van der Waals surface area contributed by atoms with E-state index in [0.717, 1.165) is 23.5 Å². The topological polar surface area (TPSA) is 73.0 Å². The van der Waals surface area contributed by atoms with Gasteiger partial charge in [0, 0.05) is 23.9 Å². The molecular formula is C15H22N4O2. The molecule has 0 unspecified atom stereocenters. The minimum absolute atomic E-state index is 0.112. The van der Waals surface area contributed by atoms with E-state index in [1.165, 1.54) is 0 Å². The number of carbonyl (C=O) groups excluding carboxylic acids is 1. The lowest BCUT2D eigenvalue weighted by Gasteiger charge is -2.08. The predicted octanol–water partition coefficient (Wildman–Crippen LogP) is 2.63. The van der Waals surface area contributed by atoms with Crippen LogP contribution in [0.1, 0.15) is 36.6 Å². The number of nitrogens with one attached hydrogen (secondary N) is 1. The third kappa shape index (κ3) is 3.71. The average Bonchev–Trinajstić information content (AvgIpc) is 2.88. The van der Waals surface area contributed by atoms with E-state index in [1.54, 1.807) is 13.0 Å². The van der Waals surface area contributed by atoms with Crippen LogP contribution in [0.2, 0.25) is 0 Å². The Balaban J connectivity index is 2.08. The Bertz CT molecular complexity index is 640. The first-order valence-corrected chi connectivity index (χ1v) is 7.13. The lowest BCUT2D eigenvalue weighted by atomic mass is 10.1. The lowest BCUT2D eigenvalue weighted by Crippen LogP contribution is -2.15. The van der Waals surface area contributed by atoms with E-state index in [1.807, 2.05) is 18.5 Å². The van der Waals surface area contributed by atoms with Crippen molar-refractivity contribution in [3.63, 3.8) is 0 Å². The highest BCUT2D eigenvalue weighted by atomic mass is 16.5. The Morgan fingerprint density at radius 3 is 2.67 bits per heavy atom. The van der Waals surface area contributed by atoms with Crippen LogP contribution in [0.5, 0.6) is 0 Å². The van der Waals surface area contributed by atoms with E-state index in [2.05, 4.69) is 29.4 Å². The van der Waals surface area contributed by atoms with Crippen LogP contribution in [0.3, 0.4) is 0 Å². The van der Waals surface area contributed by atoms with Crippen LogP contribution in [0.25, 0.3) is 0 Å². The van der Waals surface area contributed by atoms with Crippen molar-refractivity contribution in [1.82, 2.24) is 14.9 Å². The number of aromatic nitrogens is 3. The molecule has 0 saturated carbocycles. The molecule has 2 heterocycles. The van der Waals surface area contributed by atoms with Gasteiger partial charge in [0.25, 0.3) is 0 Å². The molecule has 0 aliphatic heterocycles. The smallest absolute Gasteiger partial charge is 0.230 e. The van der Waals surface area contributed by atoms with Crippen molar-refractivity contribution < 1.29 is 9.32 Å². The fourth-order valence-corrected chi connectivity index (χ4v) is 2.29. The number of hydrogen-bond donors (Lipinski definition) is 1. The van der Waals surface area contributed by atoms with E-state index in [4.69, 9.17) is 4.52 Å². The molecule has 114 valence electrons. The van der Waals surface area contributed by atoms with Crippen molar-refractivity contribution in [3.05, 3.63) is 28.8 Å². The lowest BCUT2D eigenvalue weighted by molar-refractivity contribution is -0.115. The molecule has 0 fully saturated rings. The molecular weight excluding hydrogens is 268 g/mol. The minimum Gasteiger partial charge on any atom is -0.360 e. The Kier molecular flexibility index (Phi) is 4.45. The predicted molar refractivity (Wildman–Crippen MR) is 80.1 cm³/mol. The fraction of sp³-hybridized carbons (Fsp3) is 0.533. The number of amides is 1. The van der Waals surface area contributed by atoms with Gasteiger partial charge < -0.3 is 9.84 Å². The Morgan fingerprint density at radius 2 is 2.10 bits per heavy atom.